The van der Waals surface area contributed by atoms with Crippen LogP contribution < -0.4 is 14.8 Å². The highest BCUT2D eigenvalue weighted by Gasteiger charge is 2.31. The normalized spacial score (nSPS) is 11.1. The summed E-state index contributed by atoms with van der Waals surface area (Å²) in [6.45, 7) is 0.0289. The number of amides is 1. The molecule has 2 rings (SSSR count). The number of hydrogen-bond acceptors (Lipinski definition) is 4. The summed E-state index contributed by atoms with van der Waals surface area (Å²) in [6, 6.07) is 9.95. The quantitative estimate of drug-likeness (QED) is 0.437. The molecule has 0 spiro atoms. The first-order chi connectivity index (χ1) is 12.8. The van der Waals surface area contributed by atoms with E-state index in [4.69, 9.17) is 14.2 Å². The Kier molecular flexibility index (Phi) is 7.72. The minimum atomic E-state index is -4.54. The Bertz CT molecular complexity index is 783. The van der Waals surface area contributed by atoms with Gasteiger partial charge in [0.15, 0.2) is 6.61 Å². The molecule has 0 bridgehead atoms. The largest absolute Gasteiger partial charge is 0.489 e. The lowest BCUT2D eigenvalue weighted by Crippen LogP contribution is -2.21. The fraction of sp³-hybridized carbons (Fsp3) is 0.278. The summed E-state index contributed by atoms with van der Waals surface area (Å²) in [7, 11) is 1.47. The van der Waals surface area contributed by atoms with Gasteiger partial charge >= 0.3 is 6.18 Å². The summed E-state index contributed by atoms with van der Waals surface area (Å²) in [5.41, 5.74) is -0.979. The molecule has 1 N–H and O–H groups in total. The molecule has 0 aliphatic heterocycles. The Morgan fingerprint density at radius 2 is 1.81 bits per heavy atom. The number of anilines is 1. The van der Waals surface area contributed by atoms with E-state index < -0.39 is 17.6 Å². The van der Waals surface area contributed by atoms with Crippen molar-refractivity contribution in [2.75, 3.05) is 32.2 Å². The molecule has 1 amide bonds. The van der Waals surface area contributed by atoms with Gasteiger partial charge in [-0.15, -0.1) is 0 Å². The van der Waals surface area contributed by atoms with Gasteiger partial charge in [-0.1, -0.05) is 12.1 Å². The van der Waals surface area contributed by atoms with Gasteiger partial charge in [-0.2, -0.15) is 13.2 Å². The molecule has 0 aliphatic rings. The lowest BCUT2D eigenvalue weighted by atomic mass is 10.1. The number of para-hydroxylation sites is 1. The van der Waals surface area contributed by atoms with Crippen molar-refractivity contribution in [3.05, 3.63) is 51.6 Å². The van der Waals surface area contributed by atoms with Gasteiger partial charge in [0.25, 0.3) is 5.91 Å². The van der Waals surface area contributed by atoms with E-state index in [2.05, 4.69) is 27.9 Å². The summed E-state index contributed by atoms with van der Waals surface area (Å²) >= 11 is 2.05. The molecule has 0 aliphatic carbocycles. The first kappa shape index (κ1) is 21.3. The average molecular weight is 495 g/mol. The molecule has 0 heterocycles. The van der Waals surface area contributed by atoms with E-state index in [1.165, 1.54) is 7.11 Å². The van der Waals surface area contributed by atoms with Crippen LogP contribution in [0.2, 0.25) is 0 Å². The highest BCUT2D eigenvalue weighted by molar-refractivity contribution is 14.1. The first-order valence-corrected chi connectivity index (χ1v) is 8.89. The molecule has 0 saturated carbocycles. The van der Waals surface area contributed by atoms with Crippen LogP contribution in [0.5, 0.6) is 11.5 Å². The summed E-state index contributed by atoms with van der Waals surface area (Å²) < 4.78 is 55.3. The first-order valence-electron chi connectivity index (χ1n) is 7.81. The van der Waals surface area contributed by atoms with Crippen LogP contribution in [-0.4, -0.2) is 32.8 Å². The third kappa shape index (κ3) is 6.58. The second kappa shape index (κ2) is 9.79. The van der Waals surface area contributed by atoms with Gasteiger partial charge in [-0.25, -0.2) is 0 Å². The Hall–Kier alpha value is -2.01. The van der Waals surface area contributed by atoms with Crippen molar-refractivity contribution in [2.24, 2.45) is 0 Å². The van der Waals surface area contributed by atoms with Crippen molar-refractivity contribution in [1.29, 1.82) is 0 Å². The minimum Gasteiger partial charge on any atom is -0.489 e. The van der Waals surface area contributed by atoms with Crippen molar-refractivity contribution >= 4 is 34.2 Å². The van der Waals surface area contributed by atoms with Crippen molar-refractivity contribution in [2.45, 2.75) is 6.18 Å². The molecule has 9 heteroatoms. The number of methoxy groups -OCH3 is 1. The Labute approximate surface area is 167 Å². The third-order valence-electron chi connectivity index (χ3n) is 3.32. The molecule has 0 saturated heterocycles. The van der Waals surface area contributed by atoms with Crippen molar-refractivity contribution in [1.82, 2.24) is 0 Å². The van der Waals surface area contributed by atoms with Crippen molar-refractivity contribution in [3.8, 4) is 11.5 Å². The minimum absolute atomic E-state index is 0.0858. The lowest BCUT2D eigenvalue weighted by Gasteiger charge is -2.15. The fourth-order valence-corrected chi connectivity index (χ4v) is 2.60. The molecular formula is C18H17F3INO4. The monoisotopic (exact) mass is 495 g/mol. The van der Waals surface area contributed by atoms with E-state index in [9.17, 15) is 18.0 Å². The SMILES string of the molecule is COCCOc1ccc(C(F)(F)F)cc1NC(=O)COc1ccccc1I. The van der Waals surface area contributed by atoms with Gasteiger partial charge in [0.1, 0.15) is 18.1 Å². The number of carbonyl (C=O) groups excluding carboxylic acids is 1. The standard InChI is InChI=1S/C18H17F3INO4/c1-25-8-9-26-16-7-6-12(18(19,20)21)10-14(16)23-17(24)11-27-15-5-3-2-4-13(15)22/h2-7,10H,8-9,11H2,1H3,(H,23,24). The maximum atomic E-state index is 13.0. The molecular weight excluding hydrogens is 478 g/mol. The fourth-order valence-electron chi connectivity index (χ4n) is 2.06. The van der Waals surface area contributed by atoms with Crippen LogP contribution >= 0.6 is 22.6 Å². The van der Waals surface area contributed by atoms with E-state index in [0.29, 0.717) is 5.75 Å². The molecule has 27 heavy (non-hydrogen) atoms. The maximum absolute atomic E-state index is 13.0. The molecule has 0 fully saturated rings. The number of rotatable bonds is 8. The Morgan fingerprint density at radius 3 is 2.48 bits per heavy atom. The van der Waals surface area contributed by atoms with E-state index in [1.807, 2.05) is 12.1 Å². The maximum Gasteiger partial charge on any atom is 0.416 e. The van der Waals surface area contributed by atoms with Crippen LogP contribution in [-0.2, 0) is 15.7 Å². The number of nitrogens with one attached hydrogen (secondary N) is 1. The Morgan fingerprint density at radius 1 is 1.07 bits per heavy atom. The molecule has 2 aromatic carbocycles. The zero-order valence-corrected chi connectivity index (χ0v) is 16.5. The highest BCUT2D eigenvalue weighted by Crippen LogP contribution is 2.35. The van der Waals surface area contributed by atoms with Crippen molar-refractivity contribution < 1.29 is 32.2 Å². The Balaban J connectivity index is 2.11. The summed E-state index contributed by atoms with van der Waals surface area (Å²) in [5, 5.41) is 2.41. The molecule has 5 nitrogen and oxygen atoms in total. The average Bonchev–Trinajstić information content (AvgIpc) is 2.61. The molecule has 146 valence electrons. The van der Waals surface area contributed by atoms with E-state index in [1.54, 1.807) is 12.1 Å². The number of hydrogen-bond donors (Lipinski definition) is 1. The van der Waals surface area contributed by atoms with Gasteiger partial charge in [0, 0.05) is 7.11 Å². The highest BCUT2D eigenvalue weighted by atomic mass is 127. The van der Waals surface area contributed by atoms with Crippen LogP contribution in [0.4, 0.5) is 18.9 Å². The van der Waals surface area contributed by atoms with Gasteiger partial charge in [-0.3, -0.25) is 4.79 Å². The van der Waals surface area contributed by atoms with Crippen LogP contribution in [0.1, 0.15) is 5.56 Å². The zero-order valence-electron chi connectivity index (χ0n) is 14.3. The predicted molar refractivity (Wildman–Crippen MR) is 102 cm³/mol. The summed E-state index contributed by atoms with van der Waals surface area (Å²) in [6.07, 6.45) is -4.54. The van der Waals surface area contributed by atoms with Crippen LogP contribution in [0.15, 0.2) is 42.5 Å². The number of ether oxygens (including phenoxy) is 3. The predicted octanol–water partition coefficient (Wildman–Crippen LogP) is 4.35. The summed E-state index contributed by atoms with van der Waals surface area (Å²) in [4.78, 5) is 12.1. The second-order valence-corrected chi connectivity index (χ2v) is 6.48. The number of benzene rings is 2. The zero-order chi connectivity index (χ0) is 19.9. The van der Waals surface area contributed by atoms with Gasteiger partial charge in [-0.05, 0) is 52.9 Å². The van der Waals surface area contributed by atoms with Crippen LogP contribution in [0.25, 0.3) is 0 Å². The van der Waals surface area contributed by atoms with Crippen LogP contribution in [0.3, 0.4) is 0 Å². The smallest absolute Gasteiger partial charge is 0.416 e. The molecule has 0 aromatic heterocycles. The third-order valence-corrected chi connectivity index (χ3v) is 4.21. The van der Waals surface area contributed by atoms with Crippen molar-refractivity contribution in [3.63, 3.8) is 0 Å². The lowest BCUT2D eigenvalue weighted by molar-refractivity contribution is -0.137. The van der Waals surface area contributed by atoms with Gasteiger partial charge in [0.2, 0.25) is 0 Å². The van der Waals surface area contributed by atoms with E-state index in [-0.39, 0.29) is 31.3 Å². The number of halogens is 4. The van der Waals surface area contributed by atoms with Crippen LogP contribution in [0, 0.1) is 3.57 Å². The molecule has 2 aromatic rings. The van der Waals surface area contributed by atoms with E-state index >= 15 is 0 Å². The van der Waals surface area contributed by atoms with Gasteiger partial charge in [0.05, 0.1) is 21.4 Å². The second-order valence-electron chi connectivity index (χ2n) is 5.32. The number of alkyl halides is 3. The molecule has 0 unspecified atom stereocenters. The van der Waals surface area contributed by atoms with E-state index in [0.717, 1.165) is 21.8 Å². The number of carbonyl (C=O) groups is 1. The molecule has 0 atom stereocenters. The topological polar surface area (TPSA) is 56.8 Å². The van der Waals surface area contributed by atoms with Gasteiger partial charge < -0.3 is 19.5 Å². The summed E-state index contributed by atoms with van der Waals surface area (Å²) in [5.74, 6) is 0.0159. The molecule has 0 radical (unpaired) electrons.